The van der Waals surface area contributed by atoms with E-state index in [-0.39, 0.29) is 17.4 Å². The molecule has 0 radical (unpaired) electrons. The Morgan fingerprint density at radius 2 is 1.71 bits per heavy atom. The lowest BCUT2D eigenvalue weighted by Gasteiger charge is -2.13. The second-order valence-corrected chi connectivity index (χ2v) is 7.53. The number of benzene rings is 2. The Morgan fingerprint density at radius 1 is 0.903 bits per heavy atom. The van der Waals surface area contributed by atoms with E-state index in [4.69, 9.17) is 0 Å². The second kappa shape index (κ2) is 7.60. The first kappa shape index (κ1) is 18.9. The molecule has 0 unspecified atom stereocenters. The lowest BCUT2D eigenvalue weighted by molar-refractivity contribution is 0.369. The predicted octanol–water partition coefficient (Wildman–Crippen LogP) is 4.71. The SMILES string of the molecule is Oc1ccc(-c2c(O)c(O)n(CCCn3ccnc3)c2-c2ccc3[nH]ccc3c2)cc1. The zero-order chi connectivity index (χ0) is 21.4. The van der Waals surface area contributed by atoms with Gasteiger partial charge in [-0.1, -0.05) is 18.2 Å². The summed E-state index contributed by atoms with van der Waals surface area (Å²) in [6.45, 7) is 1.25. The Morgan fingerprint density at radius 3 is 2.48 bits per heavy atom. The highest BCUT2D eigenvalue weighted by Crippen LogP contribution is 2.47. The van der Waals surface area contributed by atoms with E-state index in [2.05, 4.69) is 9.97 Å². The Hall–Kier alpha value is -4.13. The molecule has 0 bridgehead atoms. The number of imidazole rings is 1. The number of aryl methyl sites for hydroxylation is 1. The van der Waals surface area contributed by atoms with E-state index in [0.29, 0.717) is 17.7 Å². The molecule has 3 heterocycles. The van der Waals surface area contributed by atoms with E-state index in [0.717, 1.165) is 35.1 Å². The zero-order valence-electron chi connectivity index (χ0n) is 16.7. The molecule has 0 aliphatic rings. The summed E-state index contributed by atoms with van der Waals surface area (Å²) in [5.74, 6) is -0.196. The van der Waals surface area contributed by atoms with Crippen molar-refractivity contribution in [3.63, 3.8) is 0 Å². The molecule has 0 fully saturated rings. The average molecular weight is 414 g/mol. The third kappa shape index (κ3) is 3.40. The lowest BCUT2D eigenvalue weighted by Crippen LogP contribution is -2.04. The molecule has 0 aliphatic heterocycles. The maximum atomic E-state index is 10.9. The van der Waals surface area contributed by atoms with E-state index < -0.39 is 0 Å². The Bertz CT molecular complexity index is 1330. The number of fused-ring (bicyclic) bond motifs is 1. The van der Waals surface area contributed by atoms with Crippen molar-refractivity contribution in [2.75, 3.05) is 0 Å². The van der Waals surface area contributed by atoms with Gasteiger partial charge in [0, 0.05) is 42.6 Å². The number of rotatable bonds is 6. The summed E-state index contributed by atoms with van der Waals surface area (Å²) in [5, 5.41) is 32.5. The highest BCUT2D eigenvalue weighted by atomic mass is 16.3. The fourth-order valence-electron chi connectivity index (χ4n) is 4.04. The van der Waals surface area contributed by atoms with Gasteiger partial charge in [-0.15, -0.1) is 0 Å². The van der Waals surface area contributed by atoms with Crippen molar-refractivity contribution in [1.82, 2.24) is 19.1 Å². The summed E-state index contributed by atoms with van der Waals surface area (Å²) in [6.07, 6.45) is 8.02. The zero-order valence-corrected chi connectivity index (χ0v) is 16.7. The molecule has 2 aromatic carbocycles. The third-order valence-corrected chi connectivity index (χ3v) is 5.55. The third-order valence-electron chi connectivity index (χ3n) is 5.55. The van der Waals surface area contributed by atoms with E-state index in [1.165, 1.54) is 0 Å². The Labute approximate surface area is 178 Å². The first-order chi connectivity index (χ1) is 15.1. The highest BCUT2D eigenvalue weighted by molar-refractivity contribution is 5.92. The van der Waals surface area contributed by atoms with Crippen molar-refractivity contribution in [3.8, 4) is 39.8 Å². The summed E-state index contributed by atoms with van der Waals surface area (Å²) in [7, 11) is 0. The van der Waals surface area contributed by atoms with Crippen LogP contribution in [-0.2, 0) is 13.1 Å². The number of aromatic nitrogens is 4. The quantitative estimate of drug-likeness (QED) is 0.323. The Kier molecular flexibility index (Phi) is 4.63. The summed E-state index contributed by atoms with van der Waals surface area (Å²) in [5.41, 5.74) is 3.88. The molecule has 0 amide bonds. The molecule has 7 heteroatoms. The number of phenolic OH excluding ortho intramolecular Hbond substituents is 1. The lowest BCUT2D eigenvalue weighted by atomic mass is 9.99. The summed E-state index contributed by atoms with van der Waals surface area (Å²) in [4.78, 5) is 7.25. The van der Waals surface area contributed by atoms with Gasteiger partial charge in [0.15, 0.2) is 5.75 Å². The molecule has 0 saturated carbocycles. The molecule has 5 aromatic rings. The fraction of sp³-hybridized carbons (Fsp3) is 0.125. The van der Waals surface area contributed by atoms with Gasteiger partial charge in [0.2, 0.25) is 5.88 Å². The van der Waals surface area contributed by atoms with Gasteiger partial charge in [0.1, 0.15) is 5.75 Å². The van der Waals surface area contributed by atoms with Gasteiger partial charge < -0.3 is 29.4 Å². The summed E-state index contributed by atoms with van der Waals surface area (Å²) < 4.78 is 3.73. The van der Waals surface area contributed by atoms with Crippen molar-refractivity contribution < 1.29 is 15.3 Å². The van der Waals surface area contributed by atoms with Gasteiger partial charge in [-0.25, -0.2) is 4.98 Å². The minimum atomic E-state index is -0.169. The van der Waals surface area contributed by atoms with Crippen LogP contribution in [0.4, 0.5) is 0 Å². The molecular formula is C24H22N4O3. The summed E-state index contributed by atoms with van der Waals surface area (Å²) in [6, 6.07) is 14.6. The van der Waals surface area contributed by atoms with E-state index >= 15 is 0 Å². The molecule has 0 saturated heterocycles. The van der Waals surface area contributed by atoms with Crippen LogP contribution in [0.1, 0.15) is 6.42 Å². The van der Waals surface area contributed by atoms with Crippen LogP contribution in [0, 0.1) is 0 Å². The van der Waals surface area contributed by atoms with Crippen LogP contribution < -0.4 is 0 Å². The van der Waals surface area contributed by atoms with Crippen LogP contribution >= 0.6 is 0 Å². The highest BCUT2D eigenvalue weighted by Gasteiger charge is 2.25. The Balaban J connectivity index is 1.63. The van der Waals surface area contributed by atoms with Crippen molar-refractivity contribution in [3.05, 3.63) is 73.4 Å². The minimum absolute atomic E-state index is 0.141. The molecule has 31 heavy (non-hydrogen) atoms. The van der Waals surface area contributed by atoms with Crippen molar-refractivity contribution in [2.45, 2.75) is 19.5 Å². The second-order valence-electron chi connectivity index (χ2n) is 7.53. The van der Waals surface area contributed by atoms with Gasteiger partial charge in [-0.3, -0.25) is 0 Å². The van der Waals surface area contributed by atoms with Gasteiger partial charge in [-0.2, -0.15) is 0 Å². The molecule has 7 nitrogen and oxygen atoms in total. The van der Waals surface area contributed by atoms with Crippen LogP contribution in [0.2, 0.25) is 0 Å². The molecule has 156 valence electrons. The smallest absolute Gasteiger partial charge is 0.235 e. The van der Waals surface area contributed by atoms with Gasteiger partial charge in [-0.05, 0) is 47.9 Å². The van der Waals surface area contributed by atoms with Crippen LogP contribution in [0.25, 0.3) is 33.3 Å². The van der Waals surface area contributed by atoms with Crippen LogP contribution in [-0.4, -0.2) is 34.4 Å². The maximum absolute atomic E-state index is 10.9. The molecule has 3 aromatic heterocycles. The van der Waals surface area contributed by atoms with Gasteiger partial charge in [0.25, 0.3) is 0 Å². The predicted molar refractivity (Wildman–Crippen MR) is 119 cm³/mol. The molecular weight excluding hydrogens is 392 g/mol. The average Bonchev–Trinajstić information content (AvgIpc) is 3.51. The number of nitrogens with zero attached hydrogens (tertiary/aromatic N) is 3. The molecule has 0 aliphatic carbocycles. The van der Waals surface area contributed by atoms with Gasteiger partial charge in [0.05, 0.1) is 17.6 Å². The van der Waals surface area contributed by atoms with Crippen molar-refractivity contribution >= 4 is 10.9 Å². The number of aromatic hydroxyl groups is 3. The van der Waals surface area contributed by atoms with E-state index in [1.54, 1.807) is 41.4 Å². The van der Waals surface area contributed by atoms with Crippen LogP contribution in [0.15, 0.2) is 73.4 Å². The number of nitrogens with one attached hydrogen (secondary N) is 1. The van der Waals surface area contributed by atoms with Crippen molar-refractivity contribution in [2.24, 2.45) is 0 Å². The van der Waals surface area contributed by atoms with Crippen molar-refractivity contribution in [1.29, 1.82) is 0 Å². The first-order valence-electron chi connectivity index (χ1n) is 10.1. The summed E-state index contributed by atoms with van der Waals surface area (Å²) >= 11 is 0. The number of hydrogen-bond donors (Lipinski definition) is 4. The maximum Gasteiger partial charge on any atom is 0.235 e. The largest absolute Gasteiger partial charge is 0.508 e. The topological polar surface area (TPSA) is 99.2 Å². The molecule has 4 N–H and O–H groups in total. The molecule has 0 spiro atoms. The van der Waals surface area contributed by atoms with E-state index in [9.17, 15) is 15.3 Å². The number of H-pyrrole nitrogens is 1. The monoisotopic (exact) mass is 414 g/mol. The number of hydrogen-bond acceptors (Lipinski definition) is 4. The fourth-order valence-corrected chi connectivity index (χ4v) is 4.04. The van der Waals surface area contributed by atoms with Crippen LogP contribution in [0.5, 0.6) is 17.4 Å². The minimum Gasteiger partial charge on any atom is -0.508 e. The molecule has 0 atom stereocenters. The number of phenols is 1. The first-order valence-corrected chi connectivity index (χ1v) is 10.1. The normalized spacial score (nSPS) is 11.4. The van der Waals surface area contributed by atoms with E-state index in [1.807, 2.05) is 41.2 Å². The standard InChI is InChI=1S/C24H22N4O3/c29-19-5-2-16(3-6-19)21-22(18-4-7-20-17(14-18)8-9-26-20)28(24(31)23(21)30)12-1-11-27-13-10-25-15-27/h2-10,13-15,26,29-31H,1,11-12H2. The van der Waals surface area contributed by atoms with Gasteiger partial charge >= 0.3 is 0 Å². The number of aromatic amines is 1. The molecule has 5 rings (SSSR count). The van der Waals surface area contributed by atoms with Crippen LogP contribution in [0.3, 0.4) is 0 Å².